The number of amides is 1. The number of rotatable bonds is 0. The number of carbonyl (C=O) groups is 1. The fraction of sp³-hybridized carbons (Fsp3) is 0.909. The quantitative estimate of drug-likeness (QED) is 0.635. The highest BCUT2D eigenvalue weighted by molar-refractivity contribution is 5.82. The second kappa shape index (κ2) is 3.89. The summed E-state index contributed by atoms with van der Waals surface area (Å²) < 4.78 is 0. The first-order valence-corrected chi connectivity index (χ1v) is 5.37. The molecule has 3 nitrogen and oxygen atoms in total. The molecule has 1 fully saturated rings. The Morgan fingerprint density at radius 2 is 1.93 bits per heavy atom. The minimum Gasteiger partial charge on any atom is -0.337 e. The third-order valence-corrected chi connectivity index (χ3v) is 2.67. The van der Waals surface area contributed by atoms with Gasteiger partial charge in [0.2, 0.25) is 5.91 Å². The minimum absolute atomic E-state index is 0.259. The fourth-order valence-corrected chi connectivity index (χ4v) is 1.74. The summed E-state index contributed by atoms with van der Waals surface area (Å²) in [5.74, 6) is 0.262. The van der Waals surface area contributed by atoms with E-state index in [9.17, 15) is 4.79 Å². The standard InChI is InChI=1S/C11H22N2O/c1-8-7-13(9(2)6-12-8)10(14)11(3,4)5/h8-9,12H,6-7H2,1-5H3/t8-,9+/m1/s1. The van der Waals surface area contributed by atoms with Gasteiger partial charge in [-0.2, -0.15) is 0 Å². The zero-order valence-corrected chi connectivity index (χ0v) is 9.92. The molecule has 2 atom stereocenters. The van der Waals surface area contributed by atoms with Gasteiger partial charge in [-0.1, -0.05) is 20.8 Å². The Kier molecular flexibility index (Phi) is 3.20. The Morgan fingerprint density at radius 1 is 1.36 bits per heavy atom. The second-order valence-corrected chi connectivity index (χ2v) is 5.37. The van der Waals surface area contributed by atoms with Crippen molar-refractivity contribution in [2.75, 3.05) is 13.1 Å². The first-order valence-electron chi connectivity index (χ1n) is 5.37. The van der Waals surface area contributed by atoms with Crippen molar-refractivity contribution in [1.82, 2.24) is 10.2 Å². The Labute approximate surface area is 86.9 Å². The van der Waals surface area contributed by atoms with Crippen molar-refractivity contribution in [3.63, 3.8) is 0 Å². The highest BCUT2D eigenvalue weighted by atomic mass is 16.2. The summed E-state index contributed by atoms with van der Waals surface area (Å²) in [6.45, 7) is 11.9. The molecule has 0 spiro atoms. The maximum absolute atomic E-state index is 12.1. The van der Waals surface area contributed by atoms with Crippen molar-refractivity contribution < 1.29 is 4.79 Å². The third kappa shape index (κ3) is 2.47. The second-order valence-electron chi connectivity index (χ2n) is 5.37. The molecule has 0 unspecified atom stereocenters. The Bertz CT molecular complexity index is 220. The maximum atomic E-state index is 12.1. The number of hydrogen-bond donors (Lipinski definition) is 1. The van der Waals surface area contributed by atoms with Crippen molar-refractivity contribution in [3.05, 3.63) is 0 Å². The highest BCUT2D eigenvalue weighted by Gasteiger charge is 2.33. The predicted octanol–water partition coefficient (Wildman–Crippen LogP) is 1.24. The van der Waals surface area contributed by atoms with Crippen LogP contribution < -0.4 is 5.32 Å². The predicted molar refractivity (Wildman–Crippen MR) is 58.1 cm³/mol. The van der Waals surface area contributed by atoms with Crippen LogP contribution in [0.4, 0.5) is 0 Å². The van der Waals surface area contributed by atoms with Crippen LogP contribution in [0.2, 0.25) is 0 Å². The van der Waals surface area contributed by atoms with Crippen molar-refractivity contribution in [3.8, 4) is 0 Å². The molecule has 82 valence electrons. The molecule has 14 heavy (non-hydrogen) atoms. The molecule has 1 amide bonds. The van der Waals surface area contributed by atoms with Gasteiger partial charge in [-0.25, -0.2) is 0 Å². The first-order chi connectivity index (χ1) is 6.32. The molecule has 1 heterocycles. The molecule has 0 aromatic heterocycles. The number of nitrogens with one attached hydrogen (secondary N) is 1. The number of hydrogen-bond acceptors (Lipinski definition) is 2. The number of nitrogens with zero attached hydrogens (tertiary/aromatic N) is 1. The summed E-state index contributed by atoms with van der Waals surface area (Å²) in [5.41, 5.74) is -0.259. The van der Waals surface area contributed by atoms with Gasteiger partial charge in [0.15, 0.2) is 0 Å². The maximum Gasteiger partial charge on any atom is 0.228 e. The van der Waals surface area contributed by atoms with Gasteiger partial charge in [-0.3, -0.25) is 4.79 Å². The molecule has 1 aliphatic rings. The van der Waals surface area contributed by atoms with Crippen molar-refractivity contribution in [2.24, 2.45) is 5.41 Å². The third-order valence-electron chi connectivity index (χ3n) is 2.67. The lowest BCUT2D eigenvalue weighted by Crippen LogP contribution is -2.58. The van der Waals surface area contributed by atoms with Gasteiger partial charge in [0.25, 0.3) is 0 Å². The molecule has 3 heteroatoms. The van der Waals surface area contributed by atoms with Gasteiger partial charge >= 0.3 is 0 Å². The molecule has 1 rings (SSSR count). The van der Waals surface area contributed by atoms with E-state index >= 15 is 0 Å². The monoisotopic (exact) mass is 198 g/mol. The molecule has 1 saturated heterocycles. The smallest absolute Gasteiger partial charge is 0.228 e. The van der Waals surface area contributed by atoms with E-state index in [2.05, 4.69) is 19.2 Å². The molecule has 0 aromatic carbocycles. The van der Waals surface area contributed by atoms with Crippen molar-refractivity contribution in [1.29, 1.82) is 0 Å². The molecule has 1 N–H and O–H groups in total. The lowest BCUT2D eigenvalue weighted by molar-refractivity contribution is -0.143. The molecule has 1 aliphatic heterocycles. The van der Waals surface area contributed by atoms with E-state index in [0.717, 1.165) is 13.1 Å². The molecule has 0 bridgehead atoms. The van der Waals surface area contributed by atoms with E-state index in [0.29, 0.717) is 12.1 Å². The molecular formula is C11H22N2O. The largest absolute Gasteiger partial charge is 0.337 e. The van der Waals surface area contributed by atoms with Crippen LogP contribution in [-0.4, -0.2) is 36.0 Å². The zero-order valence-electron chi connectivity index (χ0n) is 9.92. The van der Waals surface area contributed by atoms with E-state index in [1.807, 2.05) is 25.7 Å². The fourth-order valence-electron chi connectivity index (χ4n) is 1.74. The van der Waals surface area contributed by atoms with Crippen molar-refractivity contribution in [2.45, 2.75) is 46.7 Å². The molecule has 0 aliphatic carbocycles. The van der Waals surface area contributed by atoms with E-state index < -0.39 is 0 Å². The Hall–Kier alpha value is -0.570. The number of piperazine rings is 1. The topological polar surface area (TPSA) is 32.3 Å². The lowest BCUT2D eigenvalue weighted by Gasteiger charge is -2.40. The molecular weight excluding hydrogens is 176 g/mol. The average molecular weight is 198 g/mol. The Balaban J connectivity index is 2.70. The minimum atomic E-state index is -0.259. The van der Waals surface area contributed by atoms with Crippen LogP contribution in [-0.2, 0) is 4.79 Å². The average Bonchev–Trinajstić information content (AvgIpc) is 2.06. The van der Waals surface area contributed by atoms with Gasteiger partial charge in [0.1, 0.15) is 0 Å². The lowest BCUT2D eigenvalue weighted by atomic mass is 9.93. The normalized spacial score (nSPS) is 29.1. The highest BCUT2D eigenvalue weighted by Crippen LogP contribution is 2.20. The molecule has 0 aromatic rings. The summed E-state index contributed by atoms with van der Waals surface area (Å²) in [7, 11) is 0. The van der Waals surface area contributed by atoms with Crippen LogP contribution in [0.5, 0.6) is 0 Å². The zero-order chi connectivity index (χ0) is 10.9. The van der Waals surface area contributed by atoms with Crippen LogP contribution in [0.25, 0.3) is 0 Å². The van der Waals surface area contributed by atoms with Gasteiger partial charge in [0.05, 0.1) is 0 Å². The Morgan fingerprint density at radius 3 is 2.43 bits per heavy atom. The van der Waals surface area contributed by atoms with E-state index in [-0.39, 0.29) is 11.3 Å². The summed E-state index contributed by atoms with van der Waals surface area (Å²) in [5, 5.41) is 3.37. The van der Waals surface area contributed by atoms with Gasteiger partial charge in [0, 0.05) is 30.6 Å². The summed E-state index contributed by atoms with van der Waals surface area (Å²) in [6.07, 6.45) is 0. The molecule has 0 radical (unpaired) electrons. The van der Waals surface area contributed by atoms with E-state index in [1.54, 1.807) is 0 Å². The van der Waals surface area contributed by atoms with Gasteiger partial charge < -0.3 is 10.2 Å². The van der Waals surface area contributed by atoms with Crippen molar-refractivity contribution >= 4 is 5.91 Å². The van der Waals surface area contributed by atoms with Crippen LogP contribution in [0.15, 0.2) is 0 Å². The van der Waals surface area contributed by atoms with Crippen LogP contribution in [0, 0.1) is 5.41 Å². The van der Waals surface area contributed by atoms with Crippen LogP contribution in [0.3, 0.4) is 0 Å². The van der Waals surface area contributed by atoms with Gasteiger partial charge in [-0.15, -0.1) is 0 Å². The summed E-state index contributed by atoms with van der Waals surface area (Å²) in [4.78, 5) is 14.1. The number of carbonyl (C=O) groups excluding carboxylic acids is 1. The van der Waals surface area contributed by atoms with E-state index in [1.165, 1.54) is 0 Å². The van der Waals surface area contributed by atoms with E-state index in [4.69, 9.17) is 0 Å². The summed E-state index contributed by atoms with van der Waals surface area (Å²) in [6, 6.07) is 0.732. The van der Waals surface area contributed by atoms with Crippen LogP contribution in [0.1, 0.15) is 34.6 Å². The summed E-state index contributed by atoms with van der Waals surface area (Å²) >= 11 is 0. The SMILES string of the molecule is C[C@@H]1CN(C(=O)C(C)(C)C)[C@@H](C)CN1. The van der Waals surface area contributed by atoms with Gasteiger partial charge in [-0.05, 0) is 13.8 Å². The molecule has 0 saturated carbocycles. The van der Waals surface area contributed by atoms with Crippen LogP contribution >= 0.6 is 0 Å². The first kappa shape index (κ1) is 11.5.